The standard InChI is InChI=1S/C3H9N4O/c1-2-7(5)3(8)6-4/h1-2,4-5H2,(H,6,8). The number of amides is 2. The number of rotatable bonds is 1. The van der Waals surface area contributed by atoms with Crippen LogP contribution in [0.4, 0.5) is 4.79 Å². The first-order valence-corrected chi connectivity index (χ1v) is 2.04. The first-order valence-electron chi connectivity index (χ1n) is 2.04. The topological polar surface area (TPSA) is 84.4 Å². The van der Waals surface area contributed by atoms with E-state index >= 15 is 0 Å². The van der Waals surface area contributed by atoms with Crippen LogP contribution in [0.2, 0.25) is 0 Å². The largest absolute Gasteiger partial charge is 0.345 e. The highest BCUT2D eigenvalue weighted by Gasteiger charge is 2.00. The van der Waals surface area contributed by atoms with Gasteiger partial charge in [0.05, 0.1) is 0 Å². The number of hydrogen-bond acceptors (Lipinski definition) is 3. The fraction of sp³-hybridized carbons (Fsp3) is 0.333. The van der Waals surface area contributed by atoms with E-state index in [0.717, 1.165) is 5.01 Å². The molecule has 1 radical (unpaired) electrons. The molecular weight excluding hydrogens is 108 g/mol. The SMILES string of the molecule is [CH2]CN(N)C(=O)NN. The summed E-state index contributed by atoms with van der Waals surface area (Å²) in [7, 11) is 0. The van der Waals surface area contributed by atoms with E-state index < -0.39 is 6.03 Å². The lowest BCUT2D eigenvalue weighted by atomic mass is 10.7. The van der Waals surface area contributed by atoms with E-state index in [1.165, 1.54) is 0 Å². The third-order valence-corrected chi connectivity index (χ3v) is 0.625. The second kappa shape index (κ2) is 3.23. The average molecular weight is 117 g/mol. The van der Waals surface area contributed by atoms with E-state index in [4.69, 9.17) is 11.7 Å². The lowest BCUT2D eigenvalue weighted by Crippen LogP contribution is -2.47. The number of hydrazine groups is 2. The Morgan fingerprint density at radius 2 is 2.38 bits per heavy atom. The molecule has 5 heteroatoms. The van der Waals surface area contributed by atoms with Crippen molar-refractivity contribution in [2.45, 2.75) is 0 Å². The second-order valence-electron chi connectivity index (χ2n) is 1.14. The lowest BCUT2D eigenvalue weighted by molar-refractivity contribution is 0.204. The van der Waals surface area contributed by atoms with E-state index in [1.807, 2.05) is 5.43 Å². The van der Waals surface area contributed by atoms with Gasteiger partial charge in [-0.1, -0.05) is 0 Å². The Hall–Kier alpha value is -0.810. The van der Waals surface area contributed by atoms with Crippen LogP contribution in [0.15, 0.2) is 0 Å². The molecule has 0 rings (SSSR count). The van der Waals surface area contributed by atoms with Crippen LogP contribution >= 0.6 is 0 Å². The molecule has 0 aromatic heterocycles. The molecule has 5 nitrogen and oxygen atoms in total. The number of nitrogens with zero attached hydrogens (tertiary/aromatic N) is 1. The van der Waals surface area contributed by atoms with Crippen LogP contribution in [0.1, 0.15) is 0 Å². The maximum atomic E-state index is 10.3. The summed E-state index contributed by atoms with van der Waals surface area (Å²) in [4.78, 5) is 10.3. The van der Waals surface area contributed by atoms with Crippen LogP contribution in [-0.2, 0) is 0 Å². The molecule has 0 heterocycles. The van der Waals surface area contributed by atoms with Crippen LogP contribution < -0.4 is 17.1 Å². The molecule has 0 spiro atoms. The van der Waals surface area contributed by atoms with Gasteiger partial charge in [-0.05, 0) is 6.92 Å². The number of nitrogens with one attached hydrogen (secondary N) is 1. The molecule has 0 fully saturated rings. The van der Waals surface area contributed by atoms with Gasteiger partial charge in [0.2, 0.25) is 0 Å². The van der Waals surface area contributed by atoms with Crippen LogP contribution in [0.25, 0.3) is 0 Å². The molecule has 47 valence electrons. The molecule has 0 saturated carbocycles. The Labute approximate surface area is 47.6 Å². The number of carbonyl (C=O) groups is 1. The maximum Gasteiger partial charge on any atom is 0.345 e. The fourth-order valence-corrected chi connectivity index (χ4v) is 0.184. The minimum Gasteiger partial charge on any atom is -0.275 e. The minimum atomic E-state index is -0.542. The highest BCUT2D eigenvalue weighted by Crippen LogP contribution is 1.72. The number of urea groups is 1. The second-order valence-corrected chi connectivity index (χ2v) is 1.14. The molecule has 0 bridgehead atoms. The zero-order valence-electron chi connectivity index (χ0n) is 4.42. The van der Waals surface area contributed by atoms with Crippen molar-refractivity contribution in [2.24, 2.45) is 11.7 Å². The Morgan fingerprint density at radius 3 is 2.50 bits per heavy atom. The molecule has 0 unspecified atom stereocenters. The molecule has 0 atom stereocenters. The Bertz CT molecular complexity index is 83.4. The van der Waals surface area contributed by atoms with Crippen LogP contribution in [-0.4, -0.2) is 17.6 Å². The van der Waals surface area contributed by atoms with Gasteiger partial charge in [-0.2, -0.15) is 0 Å². The van der Waals surface area contributed by atoms with Crippen molar-refractivity contribution in [1.82, 2.24) is 10.4 Å². The Morgan fingerprint density at radius 1 is 1.88 bits per heavy atom. The van der Waals surface area contributed by atoms with Gasteiger partial charge >= 0.3 is 6.03 Å². The molecule has 0 aliphatic carbocycles. The molecule has 0 aliphatic rings. The molecule has 0 aliphatic heterocycles. The Kier molecular flexibility index (Phi) is 2.90. The van der Waals surface area contributed by atoms with Crippen molar-refractivity contribution in [2.75, 3.05) is 6.54 Å². The maximum absolute atomic E-state index is 10.3. The summed E-state index contributed by atoms with van der Waals surface area (Å²) >= 11 is 0. The third kappa shape index (κ3) is 1.76. The number of nitrogens with two attached hydrogens (primary N) is 2. The summed E-state index contributed by atoms with van der Waals surface area (Å²) < 4.78 is 0. The van der Waals surface area contributed by atoms with Gasteiger partial charge in [-0.15, -0.1) is 0 Å². The number of hydrogen-bond donors (Lipinski definition) is 3. The highest BCUT2D eigenvalue weighted by atomic mass is 16.2. The van der Waals surface area contributed by atoms with Crippen molar-refractivity contribution in [3.63, 3.8) is 0 Å². The van der Waals surface area contributed by atoms with E-state index in [-0.39, 0.29) is 6.54 Å². The normalized spacial score (nSPS) is 8.38. The van der Waals surface area contributed by atoms with E-state index in [2.05, 4.69) is 6.92 Å². The highest BCUT2D eigenvalue weighted by molar-refractivity contribution is 5.72. The lowest BCUT2D eigenvalue weighted by Gasteiger charge is -2.11. The third-order valence-electron chi connectivity index (χ3n) is 0.625. The van der Waals surface area contributed by atoms with Crippen LogP contribution in [0.3, 0.4) is 0 Å². The number of carbonyl (C=O) groups excluding carboxylic acids is 1. The predicted octanol–water partition coefficient (Wildman–Crippen LogP) is -1.42. The minimum absolute atomic E-state index is 0.197. The Balaban J connectivity index is 3.46. The molecule has 0 aromatic rings. The molecule has 5 N–H and O–H groups in total. The smallest absolute Gasteiger partial charge is 0.275 e. The summed E-state index contributed by atoms with van der Waals surface area (Å²) in [6.45, 7) is 3.54. The first-order chi connectivity index (χ1) is 3.72. The monoisotopic (exact) mass is 117 g/mol. The molecule has 0 aromatic carbocycles. The van der Waals surface area contributed by atoms with Gasteiger partial charge in [0.25, 0.3) is 0 Å². The van der Waals surface area contributed by atoms with E-state index in [9.17, 15) is 4.79 Å². The fourth-order valence-electron chi connectivity index (χ4n) is 0.184. The van der Waals surface area contributed by atoms with Gasteiger partial charge in [0.15, 0.2) is 0 Å². The summed E-state index contributed by atoms with van der Waals surface area (Å²) in [5.74, 6) is 9.71. The summed E-state index contributed by atoms with van der Waals surface area (Å²) in [6, 6.07) is -0.542. The molecule has 8 heavy (non-hydrogen) atoms. The van der Waals surface area contributed by atoms with Gasteiger partial charge in [-0.3, -0.25) is 10.4 Å². The van der Waals surface area contributed by atoms with Crippen molar-refractivity contribution in [1.29, 1.82) is 0 Å². The quantitative estimate of drug-likeness (QED) is 0.224. The van der Waals surface area contributed by atoms with Crippen LogP contribution in [0.5, 0.6) is 0 Å². The van der Waals surface area contributed by atoms with Gasteiger partial charge in [0.1, 0.15) is 0 Å². The zero-order chi connectivity index (χ0) is 6.57. The zero-order valence-corrected chi connectivity index (χ0v) is 4.42. The summed E-state index contributed by atoms with van der Waals surface area (Å²) in [5, 5.41) is 0.861. The van der Waals surface area contributed by atoms with E-state index in [1.54, 1.807) is 0 Å². The predicted molar refractivity (Wildman–Crippen MR) is 29.0 cm³/mol. The van der Waals surface area contributed by atoms with Crippen molar-refractivity contribution in [3.8, 4) is 0 Å². The summed E-state index contributed by atoms with van der Waals surface area (Å²) in [6.07, 6.45) is 0. The van der Waals surface area contributed by atoms with Crippen LogP contribution in [0, 0.1) is 6.92 Å². The van der Waals surface area contributed by atoms with Gasteiger partial charge in [0, 0.05) is 6.54 Å². The molecule has 2 amide bonds. The van der Waals surface area contributed by atoms with Crippen molar-refractivity contribution >= 4 is 6.03 Å². The van der Waals surface area contributed by atoms with Gasteiger partial charge < -0.3 is 0 Å². The van der Waals surface area contributed by atoms with E-state index in [0.29, 0.717) is 0 Å². The average Bonchev–Trinajstić information content (AvgIpc) is 1.84. The molecular formula is C3H9N4O. The summed E-state index contributed by atoms with van der Waals surface area (Å²) in [5.41, 5.74) is 1.84. The first kappa shape index (κ1) is 7.19. The van der Waals surface area contributed by atoms with Gasteiger partial charge in [-0.25, -0.2) is 16.5 Å². The van der Waals surface area contributed by atoms with Crippen molar-refractivity contribution in [3.05, 3.63) is 6.92 Å². The van der Waals surface area contributed by atoms with Crippen molar-refractivity contribution < 1.29 is 4.79 Å². The molecule has 0 saturated heterocycles.